The van der Waals surface area contributed by atoms with Crippen LogP contribution in [0.4, 0.5) is 0 Å². The van der Waals surface area contributed by atoms with Crippen LogP contribution in [-0.2, 0) is 6.54 Å². The zero-order chi connectivity index (χ0) is 11.0. The predicted molar refractivity (Wildman–Crippen MR) is 68.1 cm³/mol. The molecular weight excluding hydrogens is 264 g/mol. The van der Waals surface area contributed by atoms with Crippen molar-refractivity contribution < 1.29 is 0 Å². The van der Waals surface area contributed by atoms with Gasteiger partial charge in [0.1, 0.15) is 4.60 Å². The molecule has 2 nitrogen and oxygen atoms in total. The Hall–Kier alpha value is -1.09. The lowest BCUT2D eigenvalue weighted by Gasteiger charge is -2.00. The monoisotopic (exact) mass is 276 g/mol. The molecule has 1 heterocycles. The van der Waals surface area contributed by atoms with Crippen LogP contribution < -0.4 is 0 Å². The van der Waals surface area contributed by atoms with Gasteiger partial charge in [0.25, 0.3) is 0 Å². The average molecular weight is 277 g/mol. The molecule has 1 aliphatic carbocycles. The molecule has 82 valence electrons. The molecule has 1 saturated carbocycles. The van der Waals surface area contributed by atoms with Gasteiger partial charge in [0.05, 0.1) is 5.69 Å². The zero-order valence-corrected chi connectivity index (χ0v) is 10.5. The van der Waals surface area contributed by atoms with E-state index in [1.54, 1.807) is 0 Å². The summed E-state index contributed by atoms with van der Waals surface area (Å²) in [6.07, 6.45) is 2.71. The molecule has 0 atom stereocenters. The van der Waals surface area contributed by atoms with Crippen LogP contribution in [0.25, 0.3) is 11.3 Å². The van der Waals surface area contributed by atoms with Gasteiger partial charge in [-0.3, -0.25) is 4.68 Å². The van der Waals surface area contributed by atoms with Gasteiger partial charge < -0.3 is 0 Å². The van der Waals surface area contributed by atoms with Gasteiger partial charge in [-0.1, -0.05) is 30.3 Å². The van der Waals surface area contributed by atoms with Gasteiger partial charge in [-0.2, -0.15) is 5.10 Å². The highest BCUT2D eigenvalue weighted by Gasteiger charge is 2.23. The lowest BCUT2D eigenvalue weighted by Crippen LogP contribution is -2.01. The molecule has 0 N–H and O–H groups in total. The van der Waals surface area contributed by atoms with Crippen LogP contribution in [-0.4, -0.2) is 9.78 Å². The fourth-order valence-electron chi connectivity index (χ4n) is 1.82. The van der Waals surface area contributed by atoms with E-state index < -0.39 is 0 Å². The van der Waals surface area contributed by atoms with Gasteiger partial charge in [-0.05, 0) is 40.8 Å². The highest BCUT2D eigenvalue weighted by atomic mass is 79.9. The third kappa shape index (κ3) is 2.05. The van der Waals surface area contributed by atoms with E-state index in [4.69, 9.17) is 0 Å². The summed E-state index contributed by atoms with van der Waals surface area (Å²) >= 11 is 3.57. The highest BCUT2D eigenvalue weighted by Crippen LogP contribution is 2.32. The molecule has 0 unspecified atom stereocenters. The van der Waals surface area contributed by atoms with Crippen molar-refractivity contribution in [3.05, 3.63) is 41.0 Å². The van der Waals surface area contributed by atoms with E-state index >= 15 is 0 Å². The number of halogens is 1. The second-order valence-electron chi connectivity index (χ2n) is 4.34. The summed E-state index contributed by atoms with van der Waals surface area (Å²) in [4.78, 5) is 0. The molecule has 1 fully saturated rings. The van der Waals surface area contributed by atoms with Gasteiger partial charge in [-0.15, -0.1) is 0 Å². The Morgan fingerprint density at radius 3 is 2.69 bits per heavy atom. The molecule has 3 heteroatoms. The quantitative estimate of drug-likeness (QED) is 0.836. The first-order chi connectivity index (χ1) is 7.83. The minimum Gasteiger partial charge on any atom is -0.258 e. The summed E-state index contributed by atoms with van der Waals surface area (Å²) < 4.78 is 3.15. The SMILES string of the molecule is Brc1cc(-c2ccccc2)nn1CC1CC1. The van der Waals surface area contributed by atoms with Crippen LogP contribution in [0, 0.1) is 5.92 Å². The third-order valence-corrected chi connectivity index (χ3v) is 3.57. The van der Waals surface area contributed by atoms with Gasteiger partial charge >= 0.3 is 0 Å². The molecule has 1 aliphatic rings. The Kier molecular flexibility index (Phi) is 2.56. The summed E-state index contributed by atoms with van der Waals surface area (Å²) in [6.45, 7) is 1.05. The van der Waals surface area contributed by atoms with Crippen molar-refractivity contribution in [3.63, 3.8) is 0 Å². The lowest BCUT2D eigenvalue weighted by molar-refractivity contribution is 0.554. The Morgan fingerprint density at radius 1 is 1.25 bits per heavy atom. The smallest absolute Gasteiger partial charge is 0.104 e. The maximum Gasteiger partial charge on any atom is 0.104 e. The molecule has 0 amide bonds. The number of aromatic nitrogens is 2. The second-order valence-corrected chi connectivity index (χ2v) is 5.16. The van der Waals surface area contributed by atoms with E-state index in [2.05, 4.69) is 43.9 Å². The molecule has 2 aromatic rings. The minimum absolute atomic E-state index is 0.847. The number of nitrogens with zero attached hydrogens (tertiary/aromatic N) is 2. The zero-order valence-electron chi connectivity index (χ0n) is 8.94. The largest absolute Gasteiger partial charge is 0.258 e. The van der Waals surface area contributed by atoms with Crippen molar-refractivity contribution in [2.75, 3.05) is 0 Å². The predicted octanol–water partition coefficient (Wildman–Crippen LogP) is 3.72. The molecule has 1 aromatic carbocycles. The van der Waals surface area contributed by atoms with Crippen LogP contribution in [0.3, 0.4) is 0 Å². The molecule has 3 rings (SSSR count). The second kappa shape index (κ2) is 4.06. The van der Waals surface area contributed by atoms with Crippen LogP contribution in [0.1, 0.15) is 12.8 Å². The highest BCUT2D eigenvalue weighted by molar-refractivity contribution is 9.10. The molecular formula is C13H13BrN2. The number of hydrogen-bond acceptors (Lipinski definition) is 1. The third-order valence-electron chi connectivity index (χ3n) is 2.93. The first-order valence-corrected chi connectivity index (χ1v) is 6.41. The Labute approximate surface area is 103 Å². The lowest BCUT2D eigenvalue weighted by atomic mass is 10.2. The standard InChI is InChI=1S/C13H13BrN2/c14-13-8-12(11-4-2-1-3-5-11)15-16(13)9-10-6-7-10/h1-5,8,10H,6-7,9H2. The summed E-state index contributed by atoms with van der Waals surface area (Å²) in [5, 5.41) is 4.63. The summed E-state index contributed by atoms with van der Waals surface area (Å²) in [7, 11) is 0. The number of rotatable bonds is 3. The van der Waals surface area contributed by atoms with Crippen LogP contribution in [0.5, 0.6) is 0 Å². The molecule has 1 aromatic heterocycles. The first-order valence-electron chi connectivity index (χ1n) is 5.62. The maximum absolute atomic E-state index is 4.63. The van der Waals surface area contributed by atoms with Crippen LogP contribution >= 0.6 is 15.9 Å². The number of benzene rings is 1. The molecule has 16 heavy (non-hydrogen) atoms. The maximum atomic E-state index is 4.63. The summed E-state index contributed by atoms with van der Waals surface area (Å²) in [5.74, 6) is 0.847. The Bertz CT molecular complexity index is 486. The van der Waals surface area contributed by atoms with Gasteiger partial charge in [-0.25, -0.2) is 0 Å². The van der Waals surface area contributed by atoms with Gasteiger partial charge in [0.15, 0.2) is 0 Å². The van der Waals surface area contributed by atoms with Crippen molar-refractivity contribution in [2.24, 2.45) is 5.92 Å². The Morgan fingerprint density at radius 2 is 2.00 bits per heavy atom. The molecule has 0 spiro atoms. The van der Waals surface area contributed by atoms with Crippen molar-refractivity contribution in [2.45, 2.75) is 19.4 Å². The molecule has 0 saturated heterocycles. The van der Waals surface area contributed by atoms with E-state index in [9.17, 15) is 0 Å². The van der Waals surface area contributed by atoms with E-state index in [1.807, 2.05) is 18.2 Å². The topological polar surface area (TPSA) is 17.8 Å². The van der Waals surface area contributed by atoms with Crippen molar-refractivity contribution in [3.8, 4) is 11.3 Å². The van der Waals surface area contributed by atoms with E-state index in [0.717, 1.165) is 22.8 Å². The average Bonchev–Trinajstić information content (AvgIpc) is 3.05. The van der Waals surface area contributed by atoms with Crippen molar-refractivity contribution in [1.29, 1.82) is 0 Å². The molecule has 0 aliphatic heterocycles. The first kappa shape index (κ1) is 10.1. The fourth-order valence-corrected chi connectivity index (χ4v) is 2.26. The number of hydrogen-bond donors (Lipinski definition) is 0. The van der Waals surface area contributed by atoms with Crippen molar-refractivity contribution >= 4 is 15.9 Å². The van der Waals surface area contributed by atoms with E-state index in [0.29, 0.717) is 0 Å². The summed E-state index contributed by atoms with van der Waals surface area (Å²) in [6, 6.07) is 12.4. The normalized spacial score (nSPS) is 15.3. The minimum atomic E-state index is 0.847. The molecule has 0 radical (unpaired) electrons. The van der Waals surface area contributed by atoms with E-state index in [1.165, 1.54) is 18.4 Å². The summed E-state index contributed by atoms with van der Waals surface area (Å²) in [5.41, 5.74) is 2.23. The van der Waals surface area contributed by atoms with Crippen LogP contribution in [0.2, 0.25) is 0 Å². The Balaban J connectivity index is 1.90. The van der Waals surface area contributed by atoms with Gasteiger partial charge in [0.2, 0.25) is 0 Å². The van der Waals surface area contributed by atoms with Gasteiger partial charge in [0, 0.05) is 12.1 Å². The van der Waals surface area contributed by atoms with E-state index in [-0.39, 0.29) is 0 Å². The molecule has 0 bridgehead atoms. The van der Waals surface area contributed by atoms with Crippen molar-refractivity contribution in [1.82, 2.24) is 9.78 Å². The van der Waals surface area contributed by atoms with Crippen LogP contribution in [0.15, 0.2) is 41.0 Å². The fraction of sp³-hybridized carbons (Fsp3) is 0.308.